The van der Waals surface area contributed by atoms with Crippen molar-refractivity contribution in [2.24, 2.45) is 0 Å². The largest absolute Gasteiger partial charge is 0.390 e. The highest BCUT2D eigenvalue weighted by atomic mass is 19.4. The first kappa shape index (κ1) is 14.7. The van der Waals surface area contributed by atoms with Crippen molar-refractivity contribution in [3.63, 3.8) is 0 Å². The van der Waals surface area contributed by atoms with E-state index in [0.29, 0.717) is 18.1 Å². The van der Waals surface area contributed by atoms with Crippen LogP contribution in [0.4, 0.5) is 19.0 Å². The van der Waals surface area contributed by atoms with E-state index in [0.717, 1.165) is 6.54 Å². The zero-order valence-electron chi connectivity index (χ0n) is 10.5. The zero-order valence-corrected chi connectivity index (χ0v) is 10.5. The lowest BCUT2D eigenvalue weighted by molar-refractivity contribution is -0.137. The lowest BCUT2D eigenvalue weighted by Crippen LogP contribution is -2.24. The van der Waals surface area contributed by atoms with Gasteiger partial charge >= 0.3 is 6.18 Å². The number of rotatable bonds is 6. The number of alkyl halides is 3. The molecule has 0 bridgehead atoms. The van der Waals surface area contributed by atoms with Gasteiger partial charge in [0, 0.05) is 19.6 Å². The van der Waals surface area contributed by atoms with Crippen molar-refractivity contribution in [2.45, 2.75) is 26.1 Å². The predicted octanol–water partition coefficient (Wildman–Crippen LogP) is 2.29. The van der Waals surface area contributed by atoms with Gasteiger partial charge in [0.2, 0.25) is 0 Å². The van der Waals surface area contributed by atoms with Crippen molar-refractivity contribution in [3.05, 3.63) is 18.1 Å². The van der Waals surface area contributed by atoms with Gasteiger partial charge in [0.25, 0.3) is 0 Å². The van der Waals surface area contributed by atoms with Crippen LogP contribution in [0.2, 0.25) is 0 Å². The maximum Gasteiger partial charge on any atom is 0.390 e. The molecule has 0 aliphatic heterocycles. The molecule has 1 rings (SSSR count). The summed E-state index contributed by atoms with van der Waals surface area (Å²) in [5.74, 6) is 0.666. The molecule has 7 heteroatoms. The first-order valence-corrected chi connectivity index (χ1v) is 5.71. The summed E-state index contributed by atoms with van der Waals surface area (Å²) in [4.78, 5) is 9.82. The summed E-state index contributed by atoms with van der Waals surface area (Å²) in [5, 5.41) is 3.00. The Balaban J connectivity index is 2.41. The van der Waals surface area contributed by atoms with Gasteiger partial charge in [-0.25, -0.2) is 4.98 Å². The van der Waals surface area contributed by atoms with E-state index in [2.05, 4.69) is 15.3 Å². The van der Waals surface area contributed by atoms with Crippen LogP contribution in [0.3, 0.4) is 0 Å². The molecule has 4 nitrogen and oxygen atoms in total. The van der Waals surface area contributed by atoms with Gasteiger partial charge in [-0.05, 0) is 14.0 Å². The zero-order chi connectivity index (χ0) is 13.6. The molecule has 0 unspecified atom stereocenters. The smallest absolute Gasteiger partial charge is 0.369 e. The van der Waals surface area contributed by atoms with E-state index in [1.54, 1.807) is 24.3 Å². The molecule has 18 heavy (non-hydrogen) atoms. The van der Waals surface area contributed by atoms with Gasteiger partial charge in [-0.1, -0.05) is 0 Å². The highest BCUT2D eigenvalue weighted by molar-refractivity contribution is 5.30. The van der Waals surface area contributed by atoms with Crippen LogP contribution in [0.5, 0.6) is 0 Å². The van der Waals surface area contributed by atoms with Crippen molar-refractivity contribution in [3.8, 4) is 0 Å². The number of anilines is 1. The minimum atomic E-state index is -4.12. The SMILES string of the molecule is CCNc1cnc(CN(C)CCC(F)(F)F)cn1. The van der Waals surface area contributed by atoms with E-state index in [1.807, 2.05) is 6.92 Å². The first-order valence-electron chi connectivity index (χ1n) is 5.71. The number of halogens is 3. The Bertz CT molecular complexity index is 350. The Hall–Kier alpha value is -1.37. The van der Waals surface area contributed by atoms with Crippen LogP contribution in [0.25, 0.3) is 0 Å². The second kappa shape index (κ2) is 6.53. The molecule has 0 spiro atoms. The van der Waals surface area contributed by atoms with Crippen LogP contribution in [-0.4, -0.2) is 41.2 Å². The summed E-state index contributed by atoms with van der Waals surface area (Å²) >= 11 is 0. The predicted molar refractivity (Wildman–Crippen MR) is 63.2 cm³/mol. The maximum absolute atomic E-state index is 12.0. The monoisotopic (exact) mass is 262 g/mol. The molecule has 1 aromatic heterocycles. The van der Waals surface area contributed by atoms with Crippen LogP contribution in [0, 0.1) is 0 Å². The number of hydrogen-bond acceptors (Lipinski definition) is 4. The molecule has 0 saturated heterocycles. The Morgan fingerprint density at radius 1 is 1.28 bits per heavy atom. The number of nitrogens with one attached hydrogen (secondary N) is 1. The van der Waals surface area contributed by atoms with Crippen molar-refractivity contribution >= 4 is 5.82 Å². The molecule has 0 atom stereocenters. The third kappa shape index (κ3) is 5.81. The fourth-order valence-electron chi connectivity index (χ4n) is 1.38. The standard InChI is InChI=1S/C11H17F3N4/c1-3-15-10-7-16-9(6-17-10)8-18(2)5-4-11(12,13)14/h6-7H,3-5,8H2,1-2H3,(H,15,17). The van der Waals surface area contributed by atoms with Crippen LogP contribution in [0.1, 0.15) is 19.0 Å². The molecule has 0 radical (unpaired) electrons. The molecule has 0 aliphatic carbocycles. The second-order valence-corrected chi connectivity index (χ2v) is 4.03. The molecule has 0 saturated carbocycles. The molecule has 1 aromatic rings. The van der Waals surface area contributed by atoms with Crippen molar-refractivity contribution in [1.29, 1.82) is 0 Å². The highest BCUT2D eigenvalue weighted by Crippen LogP contribution is 2.19. The second-order valence-electron chi connectivity index (χ2n) is 4.03. The molecule has 1 N–H and O–H groups in total. The minimum absolute atomic E-state index is 0.0415. The summed E-state index contributed by atoms with van der Waals surface area (Å²) in [6.07, 6.45) is -1.78. The topological polar surface area (TPSA) is 41.1 Å². The summed E-state index contributed by atoms with van der Waals surface area (Å²) in [7, 11) is 1.63. The lowest BCUT2D eigenvalue weighted by atomic mass is 10.3. The summed E-state index contributed by atoms with van der Waals surface area (Å²) in [6.45, 7) is 3.01. The fraction of sp³-hybridized carbons (Fsp3) is 0.636. The fourth-order valence-corrected chi connectivity index (χ4v) is 1.38. The third-order valence-electron chi connectivity index (χ3n) is 2.27. The minimum Gasteiger partial charge on any atom is -0.369 e. The molecule has 102 valence electrons. The van der Waals surface area contributed by atoms with E-state index in [4.69, 9.17) is 0 Å². The Kier molecular flexibility index (Phi) is 5.33. The number of aromatic nitrogens is 2. The van der Waals surface area contributed by atoms with E-state index in [-0.39, 0.29) is 6.54 Å². The average molecular weight is 262 g/mol. The maximum atomic E-state index is 12.0. The van der Waals surface area contributed by atoms with Crippen molar-refractivity contribution in [2.75, 3.05) is 25.5 Å². The molecular weight excluding hydrogens is 245 g/mol. The molecule has 0 aromatic carbocycles. The van der Waals surface area contributed by atoms with Gasteiger partial charge in [-0.2, -0.15) is 13.2 Å². The van der Waals surface area contributed by atoms with Crippen molar-refractivity contribution < 1.29 is 13.2 Å². The van der Waals surface area contributed by atoms with Gasteiger partial charge < -0.3 is 10.2 Å². The third-order valence-corrected chi connectivity index (χ3v) is 2.27. The number of hydrogen-bond donors (Lipinski definition) is 1. The Labute approximate surface area is 104 Å². The summed E-state index contributed by atoms with van der Waals surface area (Å²) < 4.78 is 36.1. The highest BCUT2D eigenvalue weighted by Gasteiger charge is 2.27. The van der Waals surface area contributed by atoms with E-state index < -0.39 is 12.6 Å². The van der Waals surface area contributed by atoms with Gasteiger partial charge in [-0.15, -0.1) is 0 Å². The summed E-state index contributed by atoms with van der Waals surface area (Å²) in [6, 6.07) is 0. The van der Waals surface area contributed by atoms with Crippen LogP contribution in [0.15, 0.2) is 12.4 Å². The molecule has 0 fully saturated rings. The molecule has 0 aliphatic rings. The molecule has 1 heterocycles. The average Bonchev–Trinajstić information content (AvgIpc) is 2.29. The summed E-state index contributed by atoms with van der Waals surface area (Å²) in [5.41, 5.74) is 0.654. The Morgan fingerprint density at radius 3 is 2.50 bits per heavy atom. The van der Waals surface area contributed by atoms with Gasteiger partial charge in [-0.3, -0.25) is 4.98 Å². The Morgan fingerprint density at radius 2 is 2.00 bits per heavy atom. The van der Waals surface area contributed by atoms with Gasteiger partial charge in [0.15, 0.2) is 0 Å². The quantitative estimate of drug-likeness (QED) is 0.854. The van der Waals surface area contributed by atoms with Crippen LogP contribution < -0.4 is 5.32 Å². The van der Waals surface area contributed by atoms with E-state index in [1.165, 1.54) is 0 Å². The van der Waals surface area contributed by atoms with Crippen LogP contribution >= 0.6 is 0 Å². The van der Waals surface area contributed by atoms with Gasteiger partial charge in [0.1, 0.15) is 5.82 Å². The van der Waals surface area contributed by atoms with Crippen molar-refractivity contribution in [1.82, 2.24) is 14.9 Å². The van der Waals surface area contributed by atoms with E-state index in [9.17, 15) is 13.2 Å². The normalized spacial score (nSPS) is 11.9. The molecule has 0 amide bonds. The van der Waals surface area contributed by atoms with Crippen LogP contribution in [-0.2, 0) is 6.54 Å². The number of nitrogens with zero attached hydrogens (tertiary/aromatic N) is 3. The van der Waals surface area contributed by atoms with E-state index >= 15 is 0 Å². The lowest BCUT2D eigenvalue weighted by Gasteiger charge is -2.17. The molecular formula is C11H17F3N4. The first-order chi connectivity index (χ1) is 8.40. The van der Waals surface area contributed by atoms with Gasteiger partial charge in [0.05, 0.1) is 24.5 Å².